The number of rotatable bonds is 8. The van der Waals surface area contributed by atoms with Crippen molar-refractivity contribution in [1.82, 2.24) is 19.9 Å². The van der Waals surface area contributed by atoms with Crippen LogP contribution in [-0.4, -0.2) is 27.1 Å². The first-order valence-corrected chi connectivity index (χ1v) is 8.91. The molecule has 1 aromatic carbocycles. The summed E-state index contributed by atoms with van der Waals surface area (Å²) in [5, 5.41) is 5.98. The zero-order chi connectivity index (χ0) is 18.9. The maximum Gasteiger partial charge on any atom is 0.319 e. The van der Waals surface area contributed by atoms with E-state index in [1.165, 1.54) is 0 Å². The number of hydrogen-bond acceptors (Lipinski definition) is 4. The van der Waals surface area contributed by atoms with Gasteiger partial charge in [0.15, 0.2) is 0 Å². The van der Waals surface area contributed by atoms with Gasteiger partial charge >= 0.3 is 6.03 Å². The fourth-order valence-corrected chi connectivity index (χ4v) is 2.62. The van der Waals surface area contributed by atoms with Gasteiger partial charge in [-0.3, -0.25) is 4.98 Å². The number of halogens is 1. The van der Waals surface area contributed by atoms with Crippen LogP contribution in [-0.2, 0) is 13.2 Å². The van der Waals surface area contributed by atoms with Crippen molar-refractivity contribution in [2.75, 3.05) is 11.9 Å². The standard InChI is InChI=1S/C19H20ClN5O2/c20-17-12-15(5-6-18(17)27-13-16-4-1-2-7-22-16)24-19(26)23-8-3-10-25-11-9-21-14-25/h1-2,4-7,9,11-12,14H,3,8,10,13H2,(H2,23,24,26). The second-order valence-corrected chi connectivity index (χ2v) is 6.20. The van der Waals surface area contributed by atoms with Crippen molar-refractivity contribution in [3.63, 3.8) is 0 Å². The molecular formula is C19H20ClN5O2. The van der Waals surface area contributed by atoms with Crippen molar-refractivity contribution in [2.24, 2.45) is 0 Å². The van der Waals surface area contributed by atoms with Gasteiger partial charge in [-0.25, -0.2) is 9.78 Å². The van der Waals surface area contributed by atoms with E-state index in [9.17, 15) is 4.79 Å². The smallest absolute Gasteiger partial charge is 0.319 e. The summed E-state index contributed by atoms with van der Waals surface area (Å²) < 4.78 is 7.63. The number of pyridine rings is 1. The number of anilines is 1. The predicted octanol–water partition coefficient (Wildman–Crippen LogP) is 3.72. The quantitative estimate of drug-likeness (QED) is 0.579. The number of benzene rings is 1. The van der Waals surface area contributed by atoms with E-state index in [1.54, 1.807) is 36.9 Å². The lowest BCUT2D eigenvalue weighted by atomic mass is 10.3. The van der Waals surface area contributed by atoms with E-state index in [0.717, 1.165) is 18.7 Å². The molecule has 0 aliphatic rings. The Labute approximate surface area is 162 Å². The highest BCUT2D eigenvalue weighted by atomic mass is 35.5. The van der Waals surface area contributed by atoms with Crippen LogP contribution in [0.1, 0.15) is 12.1 Å². The Morgan fingerprint density at radius 1 is 1.22 bits per heavy atom. The van der Waals surface area contributed by atoms with E-state index < -0.39 is 0 Å². The number of hydrogen-bond donors (Lipinski definition) is 2. The number of ether oxygens (including phenoxy) is 1. The Balaban J connectivity index is 1.43. The molecule has 0 saturated carbocycles. The first-order chi connectivity index (χ1) is 13.2. The van der Waals surface area contributed by atoms with E-state index >= 15 is 0 Å². The van der Waals surface area contributed by atoms with Gasteiger partial charge in [-0.1, -0.05) is 17.7 Å². The van der Waals surface area contributed by atoms with Crippen molar-refractivity contribution in [3.05, 3.63) is 72.0 Å². The summed E-state index contributed by atoms with van der Waals surface area (Å²) in [5.41, 5.74) is 1.41. The average molecular weight is 386 g/mol. The van der Waals surface area contributed by atoms with E-state index in [2.05, 4.69) is 20.6 Å². The SMILES string of the molecule is O=C(NCCCn1ccnc1)Nc1ccc(OCc2ccccn2)c(Cl)c1. The molecule has 2 amide bonds. The van der Waals surface area contributed by atoms with Gasteiger partial charge in [0, 0.05) is 37.4 Å². The number of aromatic nitrogens is 3. The van der Waals surface area contributed by atoms with Gasteiger partial charge in [0.2, 0.25) is 0 Å². The highest BCUT2D eigenvalue weighted by molar-refractivity contribution is 6.32. The largest absolute Gasteiger partial charge is 0.486 e. The van der Waals surface area contributed by atoms with E-state index in [0.29, 0.717) is 29.6 Å². The fourth-order valence-electron chi connectivity index (χ4n) is 2.39. The van der Waals surface area contributed by atoms with Gasteiger partial charge in [0.25, 0.3) is 0 Å². The number of carbonyl (C=O) groups excluding carboxylic acids is 1. The normalized spacial score (nSPS) is 10.4. The van der Waals surface area contributed by atoms with Crippen molar-refractivity contribution >= 4 is 23.3 Å². The number of imidazole rings is 1. The zero-order valence-corrected chi connectivity index (χ0v) is 15.4. The number of nitrogens with zero attached hydrogens (tertiary/aromatic N) is 3. The second-order valence-electron chi connectivity index (χ2n) is 5.79. The molecule has 0 bridgehead atoms. The highest BCUT2D eigenvalue weighted by Gasteiger charge is 2.07. The molecule has 0 spiro atoms. The van der Waals surface area contributed by atoms with Crippen LogP contribution in [0.15, 0.2) is 61.3 Å². The second kappa shape index (κ2) is 9.59. The monoisotopic (exact) mass is 385 g/mol. The lowest BCUT2D eigenvalue weighted by Gasteiger charge is -2.11. The third kappa shape index (κ3) is 6.00. The minimum Gasteiger partial charge on any atom is -0.486 e. The van der Waals surface area contributed by atoms with Crippen LogP contribution in [0.5, 0.6) is 5.75 Å². The maximum absolute atomic E-state index is 12.0. The highest BCUT2D eigenvalue weighted by Crippen LogP contribution is 2.28. The van der Waals surface area contributed by atoms with Crippen LogP contribution < -0.4 is 15.4 Å². The van der Waals surface area contributed by atoms with Gasteiger partial charge in [0.05, 0.1) is 17.0 Å². The molecule has 0 radical (unpaired) electrons. The van der Waals surface area contributed by atoms with Crippen LogP contribution in [0, 0.1) is 0 Å². The molecule has 2 heterocycles. The first-order valence-electron chi connectivity index (χ1n) is 8.53. The summed E-state index contributed by atoms with van der Waals surface area (Å²) >= 11 is 6.24. The van der Waals surface area contributed by atoms with Crippen LogP contribution in [0.4, 0.5) is 10.5 Å². The lowest BCUT2D eigenvalue weighted by molar-refractivity contribution is 0.252. The maximum atomic E-state index is 12.0. The topological polar surface area (TPSA) is 81.1 Å². The molecule has 0 saturated heterocycles. The molecule has 0 atom stereocenters. The number of nitrogens with one attached hydrogen (secondary N) is 2. The first kappa shape index (κ1) is 18.7. The molecule has 7 nitrogen and oxygen atoms in total. The van der Waals surface area contributed by atoms with E-state index in [-0.39, 0.29) is 6.03 Å². The summed E-state index contributed by atoms with van der Waals surface area (Å²) in [5.74, 6) is 0.536. The van der Waals surface area contributed by atoms with E-state index in [1.807, 2.05) is 29.0 Å². The molecule has 0 aliphatic heterocycles. The van der Waals surface area contributed by atoms with Crippen molar-refractivity contribution in [3.8, 4) is 5.75 Å². The Bertz CT molecular complexity index is 856. The van der Waals surface area contributed by atoms with Crippen molar-refractivity contribution in [2.45, 2.75) is 19.6 Å². The Hall–Kier alpha value is -3.06. The van der Waals surface area contributed by atoms with Gasteiger partial charge in [-0.05, 0) is 36.8 Å². The molecule has 3 rings (SSSR count). The Morgan fingerprint density at radius 3 is 2.89 bits per heavy atom. The Morgan fingerprint density at radius 2 is 2.15 bits per heavy atom. The molecule has 140 valence electrons. The summed E-state index contributed by atoms with van der Waals surface area (Å²) in [4.78, 5) is 20.1. The molecule has 2 aromatic heterocycles. The minimum absolute atomic E-state index is 0.279. The number of amides is 2. The van der Waals surface area contributed by atoms with Crippen LogP contribution in [0.2, 0.25) is 5.02 Å². The fraction of sp³-hybridized carbons (Fsp3) is 0.211. The lowest BCUT2D eigenvalue weighted by Crippen LogP contribution is -2.30. The van der Waals surface area contributed by atoms with Crippen LogP contribution in [0.25, 0.3) is 0 Å². The number of carbonyl (C=O) groups is 1. The molecule has 0 aliphatic carbocycles. The summed E-state index contributed by atoms with van der Waals surface area (Å²) in [6, 6.07) is 10.5. The minimum atomic E-state index is -0.279. The summed E-state index contributed by atoms with van der Waals surface area (Å²) in [7, 11) is 0. The van der Waals surface area contributed by atoms with Gasteiger partial charge in [-0.2, -0.15) is 0 Å². The average Bonchev–Trinajstić information content (AvgIpc) is 3.19. The number of aryl methyl sites for hydroxylation is 1. The zero-order valence-electron chi connectivity index (χ0n) is 14.6. The third-order valence-corrected chi connectivity index (χ3v) is 4.02. The van der Waals surface area contributed by atoms with Crippen molar-refractivity contribution in [1.29, 1.82) is 0 Å². The molecule has 0 unspecified atom stereocenters. The predicted molar refractivity (Wildman–Crippen MR) is 104 cm³/mol. The number of urea groups is 1. The van der Waals surface area contributed by atoms with Crippen LogP contribution in [0.3, 0.4) is 0 Å². The summed E-state index contributed by atoms with van der Waals surface area (Å²) in [6.45, 7) is 1.68. The van der Waals surface area contributed by atoms with Gasteiger partial charge < -0.3 is 19.9 Å². The molecule has 8 heteroatoms. The van der Waals surface area contributed by atoms with Crippen molar-refractivity contribution < 1.29 is 9.53 Å². The molecular weight excluding hydrogens is 366 g/mol. The molecule has 0 fully saturated rings. The Kier molecular flexibility index (Phi) is 6.65. The van der Waals surface area contributed by atoms with Crippen LogP contribution >= 0.6 is 11.6 Å². The molecule has 3 aromatic rings. The van der Waals surface area contributed by atoms with Gasteiger partial charge in [-0.15, -0.1) is 0 Å². The summed E-state index contributed by atoms with van der Waals surface area (Å²) in [6.07, 6.45) is 7.89. The molecule has 2 N–H and O–H groups in total. The third-order valence-electron chi connectivity index (χ3n) is 3.73. The van der Waals surface area contributed by atoms with E-state index in [4.69, 9.17) is 16.3 Å². The van der Waals surface area contributed by atoms with Gasteiger partial charge in [0.1, 0.15) is 12.4 Å². The molecule has 27 heavy (non-hydrogen) atoms.